The molecule has 2 rings (SSSR count). The largest absolute Gasteiger partial charge is 0.413 e. The molecule has 2 heterocycles. The van der Waals surface area contributed by atoms with Crippen LogP contribution in [-0.2, 0) is 29.2 Å². The van der Waals surface area contributed by atoms with Gasteiger partial charge in [-0.2, -0.15) is 16.8 Å². The average molecular weight is 330 g/mol. The molecule has 1 aromatic rings. The molecule has 1 amide bonds. The molecule has 116 valence electrons. The summed E-state index contributed by atoms with van der Waals surface area (Å²) in [6.07, 6.45) is 5.51. The topological polar surface area (TPSA) is 163 Å². The predicted molar refractivity (Wildman–Crippen MR) is 67.2 cm³/mol. The van der Waals surface area contributed by atoms with Gasteiger partial charge in [0.05, 0.1) is 0 Å². The second kappa shape index (κ2) is 8.65. The van der Waals surface area contributed by atoms with Crippen molar-refractivity contribution in [1.29, 1.82) is 0 Å². The summed E-state index contributed by atoms with van der Waals surface area (Å²) in [5.74, 6) is 0.204. The lowest BCUT2D eigenvalue weighted by atomic mass is 10.4. The van der Waals surface area contributed by atoms with Gasteiger partial charge in [-0.15, -0.1) is 3.63 Å². The van der Waals surface area contributed by atoms with E-state index < -0.39 is 20.8 Å². The molecule has 0 aliphatic carbocycles. The Bertz CT molecular complexity index is 523. The molecule has 1 saturated heterocycles. The third-order valence-electron chi connectivity index (χ3n) is 1.57. The molecule has 0 radical (unpaired) electrons. The molecule has 0 unspecified atom stereocenters. The first-order chi connectivity index (χ1) is 9.10. The van der Waals surface area contributed by atoms with Crippen molar-refractivity contribution in [3.05, 3.63) is 24.5 Å². The second-order valence-corrected chi connectivity index (χ2v) is 5.52. The Morgan fingerprint density at radius 3 is 1.65 bits per heavy atom. The molecule has 12 heteroatoms. The maximum Gasteiger partial charge on any atom is 0.413 e. The minimum atomic E-state index is -5.12. The van der Waals surface area contributed by atoms with Gasteiger partial charge in [0.2, 0.25) is 5.91 Å². The van der Waals surface area contributed by atoms with Crippen molar-refractivity contribution in [2.24, 2.45) is 0 Å². The lowest BCUT2D eigenvalue weighted by Crippen LogP contribution is -2.12. The fraction of sp³-hybridized carbons (Fsp3) is 0.375. The van der Waals surface area contributed by atoms with Crippen LogP contribution in [0.25, 0.3) is 0 Å². The van der Waals surface area contributed by atoms with Crippen molar-refractivity contribution < 1.29 is 34.4 Å². The van der Waals surface area contributed by atoms with Crippen LogP contribution >= 0.6 is 0 Å². The molecule has 0 aromatic carbocycles. The number of hydrogen-bond acceptors (Lipinski definition) is 6. The zero-order valence-electron chi connectivity index (χ0n) is 10.1. The average Bonchev–Trinajstić information content (AvgIpc) is 2.85. The molecule has 0 spiro atoms. The Morgan fingerprint density at radius 2 is 1.55 bits per heavy atom. The molecule has 10 nitrogen and oxygen atoms in total. The maximum atomic E-state index is 10.1. The minimum Gasteiger partial charge on any atom is -0.368 e. The molecule has 1 aromatic heterocycles. The van der Waals surface area contributed by atoms with Crippen molar-refractivity contribution in [2.75, 3.05) is 6.54 Å². The summed E-state index contributed by atoms with van der Waals surface area (Å²) in [5.41, 5.74) is 0. The fourth-order valence-corrected chi connectivity index (χ4v) is 1.82. The van der Waals surface area contributed by atoms with E-state index in [2.05, 4.69) is 13.9 Å². The summed E-state index contributed by atoms with van der Waals surface area (Å²) < 4.78 is 55.6. The Kier molecular flexibility index (Phi) is 8.02. The van der Waals surface area contributed by atoms with E-state index in [1.165, 1.54) is 0 Å². The summed E-state index contributed by atoms with van der Waals surface area (Å²) in [4.78, 5) is 13.0. The van der Waals surface area contributed by atoms with Crippen molar-refractivity contribution in [2.45, 2.75) is 12.8 Å². The number of hydrogen-bond donors (Lipinski definition) is 4. The predicted octanol–water partition coefficient (Wildman–Crippen LogP) is -0.480. The van der Waals surface area contributed by atoms with Crippen molar-refractivity contribution in [1.82, 2.24) is 10.3 Å². The molecular formula is C8H14N2O8S2. The van der Waals surface area contributed by atoms with Crippen LogP contribution in [0.15, 0.2) is 24.5 Å². The smallest absolute Gasteiger partial charge is 0.368 e. The molecular weight excluding hydrogens is 316 g/mol. The molecule has 1 fully saturated rings. The monoisotopic (exact) mass is 330 g/mol. The number of nitrogens with one attached hydrogen (secondary N) is 2. The van der Waals surface area contributed by atoms with Gasteiger partial charge < -0.3 is 10.3 Å². The van der Waals surface area contributed by atoms with E-state index in [-0.39, 0.29) is 5.91 Å². The molecule has 0 atom stereocenters. The van der Waals surface area contributed by atoms with Crippen LogP contribution in [-0.4, -0.2) is 43.4 Å². The Balaban J connectivity index is 0.000000283. The van der Waals surface area contributed by atoms with E-state index in [0.717, 1.165) is 19.4 Å². The van der Waals surface area contributed by atoms with Crippen LogP contribution in [0.1, 0.15) is 12.8 Å². The Labute approximate surface area is 116 Å². The van der Waals surface area contributed by atoms with E-state index in [1.807, 2.05) is 24.5 Å². The zero-order valence-corrected chi connectivity index (χ0v) is 11.7. The van der Waals surface area contributed by atoms with E-state index in [0.29, 0.717) is 0 Å². The van der Waals surface area contributed by atoms with Gasteiger partial charge in [0.15, 0.2) is 0 Å². The number of rotatable bonds is 2. The summed E-state index contributed by atoms with van der Waals surface area (Å²) in [7, 11) is -10.2. The highest BCUT2D eigenvalue weighted by Gasteiger charge is 2.15. The number of aromatic nitrogens is 1. The number of aromatic amines is 1. The van der Waals surface area contributed by atoms with Gasteiger partial charge in [-0.25, -0.2) is 0 Å². The number of carbonyl (C=O) groups excluding carboxylic acids is 1. The van der Waals surface area contributed by atoms with Crippen LogP contribution < -0.4 is 5.32 Å². The Morgan fingerprint density at radius 1 is 1.05 bits per heavy atom. The zero-order chi connectivity index (χ0) is 15.6. The van der Waals surface area contributed by atoms with Crippen LogP contribution in [0.5, 0.6) is 0 Å². The number of carbonyl (C=O) groups is 1. The van der Waals surface area contributed by atoms with Gasteiger partial charge in [-0.1, -0.05) is 0 Å². The molecule has 4 N–H and O–H groups in total. The van der Waals surface area contributed by atoms with Gasteiger partial charge >= 0.3 is 20.8 Å². The molecule has 20 heavy (non-hydrogen) atoms. The van der Waals surface area contributed by atoms with Crippen molar-refractivity contribution >= 4 is 26.7 Å². The highest BCUT2D eigenvalue weighted by molar-refractivity contribution is 7.94. The third kappa shape index (κ3) is 14.6. The Hall–Kier alpha value is -1.47. The molecule has 1 aliphatic rings. The molecule has 0 saturated carbocycles. The summed E-state index contributed by atoms with van der Waals surface area (Å²) >= 11 is 0. The normalized spacial score (nSPS) is 14.4. The first-order valence-corrected chi connectivity index (χ1v) is 7.83. The molecule has 0 bridgehead atoms. The lowest BCUT2D eigenvalue weighted by molar-refractivity contribution is -0.119. The van der Waals surface area contributed by atoms with Crippen LogP contribution in [0.4, 0.5) is 0 Å². The fourth-order valence-electron chi connectivity index (χ4n) is 0.952. The third-order valence-corrected chi connectivity index (χ3v) is 2.95. The van der Waals surface area contributed by atoms with Gasteiger partial charge in [-0.3, -0.25) is 13.9 Å². The van der Waals surface area contributed by atoms with Gasteiger partial charge in [0, 0.05) is 25.4 Å². The minimum absolute atomic E-state index is 0.204. The van der Waals surface area contributed by atoms with Crippen LogP contribution in [0.3, 0.4) is 0 Å². The van der Waals surface area contributed by atoms with Crippen LogP contribution in [0.2, 0.25) is 0 Å². The highest BCUT2D eigenvalue weighted by atomic mass is 32.3. The number of amides is 1. The van der Waals surface area contributed by atoms with Gasteiger partial charge in [0.1, 0.15) is 0 Å². The maximum absolute atomic E-state index is 10.1. The van der Waals surface area contributed by atoms with Crippen LogP contribution in [0, 0.1) is 0 Å². The van der Waals surface area contributed by atoms with E-state index >= 15 is 0 Å². The standard InChI is InChI=1S/C4H7NO.C4H5N.H2O7S2/c6-4-2-1-3-5-4;1-2-4-5-3-1;1-8(2,3)7-9(4,5)6/h1-3H2,(H,5,6);1-5H;(H,1,2,3)(H,4,5,6). The first kappa shape index (κ1) is 18.5. The summed E-state index contributed by atoms with van der Waals surface area (Å²) in [6.45, 7) is 0.888. The molecule has 1 aliphatic heterocycles. The number of H-pyrrole nitrogens is 1. The van der Waals surface area contributed by atoms with Gasteiger partial charge in [0.25, 0.3) is 0 Å². The second-order valence-electron chi connectivity index (χ2n) is 3.26. The first-order valence-electron chi connectivity index (χ1n) is 5.10. The van der Waals surface area contributed by atoms with Gasteiger partial charge in [-0.05, 0) is 18.6 Å². The highest BCUT2D eigenvalue weighted by Crippen LogP contribution is 1.93. The van der Waals surface area contributed by atoms with E-state index in [1.54, 1.807) is 0 Å². The summed E-state index contributed by atoms with van der Waals surface area (Å²) in [5, 5.41) is 2.68. The quantitative estimate of drug-likeness (QED) is 0.528. The summed E-state index contributed by atoms with van der Waals surface area (Å²) in [6, 6.07) is 3.89. The lowest BCUT2D eigenvalue weighted by Gasteiger charge is -1.89. The van der Waals surface area contributed by atoms with E-state index in [4.69, 9.17) is 9.11 Å². The van der Waals surface area contributed by atoms with E-state index in [9.17, 15) is 21.6 Å². The van der Waals surface area contributed by atoms with Crippen molar-refractivity contribution in [3.8, 4) is 0 Å². The SMILES string of the molecule is O=C1CCCN1.O=S(=O)(O)OS(=O)(=O)O.c1cc[nH]c1. The van der Waals surface area contributed by atoms with Crippen molar-refractivity contribution in [3.63, 3.8) is 0 Å².